The predicted octanol–water partition coefficient (Wildman–Crippen LogP) is 3.12. The SMILES string of the molecule is COc1ccc(OC)c(NC(=S)Nc2ccc(S(=O)(=O)Nc3cc(OC)nc(OC)n3)cc2)c1. The fourth-order valence-electron chi connectivity index (χ4n) is 2.76. The summed E-state index contributed by atoms with van der Waals surface area (Å²) in [4.78, 5) is 7.92. The van der Waals surface area contributed by atoms with Crippen molar-refractivity contribution in [2.75, 3.05) is 43.8 Å². The van der Waals surface area contributed by atoms with Crippen LogP contribution in [0.15, 0.2) is 53.4 Å². The molecule has 2 aromatic carbocycles. The number of anilines is 3. The quantitative estimate of drug-likeness (QED) is 0.370. The molecule has 0 atom stereocenters. The van der Waals surface area contributed by atoms with Crippen LogP contribution in [0.1, 0.15) is 0 Å². The summed E-state index contributed by atoms with van der Waals surface area (Å²) in [7, 11) is 1.94. The summed E-state index contributed by atoms with van der Waals surface area (Å²) in [6, 6.07) is 12.6. The van der Waals surface area contributed by atoms with Crippen molar-refractivity contribution in [3.8, 4) is 23.4 Å². The molecule has 1 heterocycles. The molecule has 3 N–H and O–H groups in total. The molecule has 3 rings (SSSR count). The molecule has 0 saturated heterocycles. The van der Waals surface area contributed by atoms with E-state index in [1.54, 1.807) is 44.6 Å². The number of hydrogen-bond donors (Lipinski definition) is 3. The summed E-state index contributed by atoms with van der Waals surface area (Å²) >= 11 is 5.36. The zero-order chi connectivity index (χ0) is 24.7. The smallest absolute Gasteiger partial charge is 0.321 e. The lowest BCUT2D eigenvalue weighted by atomic mass is 10.2. The monoisotopic (exact) mass is 505 g/mol. The van der Waals surface area contributed by atoms with Gasteiger partial charge in [-0.1, -0.05) is 0 Å². The predicted molar refractivity (Wildman–Crippen MR) is 132 cm³/mol. The second-order valence-corrected chi connectivity index (χ2v) is 8.65. The van der Waals surface area contributed by atoms with Gasteiger partial charge in [-0.15, -0.1) is 0 Å². The summed E-state index contributed by atoms with van der Waals surface area (Å²) in [5.74, 6) is 1.36. The van der Waals surface area contributed by atoms with Crippen LogP contribution in [0.5, 0.6) is 23.4 Å². The van der Waals surface area contributed by atoms with Crippen molar-refractivity contribution in [1.82, 2.24) is 9.97 Å². The van der Waals surface area contributed by atoms with Crippen molar-refractivity contribution in [3.05, 3.63) is 48.5 Å². The zero-order valence-corrected chi connectivity index (χ0v) is 20.4. The van der Waals surface area contributed by atoms with E-state index >= 15 is 0 Å². The van der Waals surface area contributed by atoms with E-state index in [4.69, 9.17) is 31.2 Å². The fraction of sp³-hybridized carbons (Fsp3) is 0.190. The number of sulfonamides is 1. The number of hydrogen-bond acceptors (Lipinski definition) is 9. The molecule has 0 aliphatic carbocycles. The Morgan fingerprint density at radius 3 is 2.21 bits per heavy atom. The molecule has 0 bridgehead atoms. The normalized spacial score (nSPS) is 10.7. The molecule has 0 fully saturated rings. The molecule has 0 unspecified atom stereocenters. The molecule has 0 aliphatic heterocycles. The largest absolute Gasteiger partial charge is 0.497 e. The molecule has 0 amide bonds. The van der Waals surface area contributed by atoms with Crippen LogP contribution in [0.2, 0.25) is 0 Å². The minimum absolute atomic E-state index is 0.00326. The van der Waals surface area contributed by atoms with Gasteiger partial charge >= 0.3 is 6.01 Å². The van der Waals surface area contributed by atoms with Crippen molar-refractivity contribution in [1.29, 1.82) is 0 Å². The van der Waals surface area contributed by atoms with Gasteiger partial charge in [0.1, 0.15) is 11.5 Å². The first-order valence-electron chi connectivity index (χ1n) is 9.68. The van der Waals surface area contributed by atoms with E-state index in [-0.39, 0.29) is 27.7 Å². The highest BCUT2D eigenvalue weighted by molar-refractivity contribution is 7.92. The number of methoxy groups -OCH3 is 4. The molecular formula is C21H23N5O6S2. The lowest BCUT2D eigenvalue weighted by Crippen LogP contribution is -2.19. The van der Waals surface area contributed by atoms with Crippen molar-refractivity contribution in [2.24, 2.45) is 0 Å². The van der Waals surface area contributed by atoms with Gasteiger partial charge in [0.25, 0.3) is 10.0 Å². The van der Waals surface area contributed by atoms with Crippen LogP contribution in [-0.4, -0.2) is 51.9 Å². The molecule has 0 aliphatic rings. The first kappa shape index (κ1) is 24.8. The average Bonchev–Trinajstić information content (AvgIpc) is 2.83. The maximum Gasteiger partial charge on any atom is 0.321 e. The minimum atomic E-state index is -3.93. The highest BCUT2D eigenvalue weighted by atomic mass is 32.2. The standard InChI is InChI=1S/C21H23N5O6S2/c1-29-14-7-10-17(30-2)16(11-14)23-21(33)22-13-5-8-15(9-6-13)34(27,28)26-18-12-19(31-3)25-20(24-18)32-4/h5-12H,1-4H3,(H2,22,23,33)(H,24,25,26). The first-order chi connectivity index (χ1) is 16.3. The number of nitrogens with one attached hydrogen (secondary N) is 3. The van der Waals surface area contributed by atoms with Crippen LogP contribution in [-0.2, 0) is 10.0 Å². The first-order valence-corrected chi connectivity index (χ1v) is 11.6. The number of benzene rings is 2. The second-order valence-electron chi connectivity index (χ2n) is 6.56. The third-order valence-corrected chi connectivity index (χ3v) is 5.96. The molecule has 0 saturated carbocycles. The van der Waals surface area contributed by atoms with Gasteiger partial charge in [0.2, 0.25) is 5.88 Å². The van der Waals surface area contributed by atoms with Crippen LogP contribution in [0.3, 0.4) is 0 Å². The third-order valence-electron chi connectivity index (χ3n) is 4.39. The van der Waals surface area contributed by atoms with Crippen molar-refractivity contribution in [3.63, 3.8) is 0 Å². The minimum Gasteiger partial charge on any atom is -0.497 e. The Kier molecular flexibility index (Phi) is 7.91. The molecule has 180 valence electrons. The Labute approximate surface area is 202 Å². The molecule has 0 radical (unpaired) electrons. The van der Waals surface area contributed by atoms with Gasteiger partial charge in [-0.25, -0.2) is 8.42 Å². The number of aromatic nitrogens is 2. The topological polar surface area (TPSA) is 133 Å². The van der Waals surface area contributed by atoms with E-state index < -0.39 is 10.0 Å². The van der Waals surface area contributed by atoms with E-state index in [2.05, 4.69) is 25.3 Å². The zero-order valence-electron chi connectivity index (χ0n) is 18.8. The van der Waals surface area contributed by atoms with Gasteiger partial charge in [-0.2, -0.15) is 9.97 Å². The van der Waals surface area contributed by atoms with Crippen LogP contribution in [0.4, 0.5) is 17.2 Å². The Morgan fingerprint density at radius 2 is 1.59 bits per heavy atom. The van der Waals surface area contributed by atoms with E-state index in [1.807, 2.05) is 0 Å². The fourth-order valence-corrected chi connectivity index (χ4v) is 3.98. The molecule has 11 nitrogen and oxygen atoms in total. The van der Waals surface area contributed by atoms with Crippen molar-refractivity contribution in [2.45, 2.75) is 4.90 Å². The van der Waals surface area contributed by atoms with Crippen LogP contribution in [0, 0.1) is 0 Å². The molecule has 0 spiro atoms. The highest BCUT2D eigenvalue weighted by Gasteiger charge is 2.17. The molecule has 13 heteroatoms. The summed E-state index contributed by atoms with van der Waals surface area (Å²) in [6.45, 7) is 0. The number of nitrogens with zero attached hydrogens (tertiary/aromatic N) is 2. The van der Waals surface area contributed by atoms with Gasteiger partial charge in [0.05, 0.1) is 39.0 Å². The summed E-state index contributed by atoms with van der Waals surface area (Å²) in [5, 5.41) is 6.30. The summed E-state index contributed by atoms with van der Waals surface area (Å²) in [5.41, 5.74) is 1.18. The molecule has 3 aromatic rings. The van der Waals surface area contributed by atoms with E-state index in [0.717, 1.165) is 0 Å². The second kappa shape index (κ2) is 10.9. The Bertz CT molecular complexity index is 1250. The van der Waals surface area contributed by atoms with E-state index in [1.165, 1.54) is 32.4 Å². The average molecular weight is 506 g/mol. The van der Waals surface area contributed by atoms with Crippen molar-refractivity contribution >= 4 is 44.5 Å². The van der Waals surface area contributed by atoms with Crippen LogP contribution >= 0.6 is 12.2 Å². The molecule has 34 heavy (non-hydrogen) atoms. The van der Waals surface area contributed by atoms with Crippen LogP contribution < -0.4 is 34.3 Å². The van der Waals surface area contributed by atoms with E-state index in [9.17, 15) is 8.42 Å². The van der Waals surface area contributed by atoms with E-state index in [0.29, 0.717) is 22.9 Å². The van der Waals surface area contributed by atoms with Gasteiger partial charge in [-0.3, -0.25) is 4.72 Å². The summed E-state index contributed by atoms with van der Waals surface area (Å²) in [6.07, 6.45) is 0. The van der Waals surface area contributed by atoms with Crippen LogP contribution in [0.25, 0.3) is 0 Å². The highest BCUT2D eigenvalue weighted by Crippen LogP contribution is 2.29. The Balaban J connectivity index is 1.70. The van der Waals surface area contributed by atoms with Crippen molar-refractivity contribution < 1.29 is 27.4 Å². The molecular weight excluding hydrogens is 482 g/mol. The van der Waals surface area contributed by atoms with Gasteiger partial charge in [0.15, 0.2) is 10.9 Å². The number of ether oxygens (including phenoxy) is 4. The Morgan fingerprint density at radius 1 is 0.853 bits per heavy atom. The summed E-state index contributed by atoms with van der Waals surface area (Å²) < 4.78 is 48.5. The number of rotatable bonds is 9. The third kappa shape index (κ3) is 6.14. The number of thiocarbonyl (C=S) groups is 1. The maximum atomic E-state index is 12.8. The lowest BCUT2D eigenvalue weighted by Gasteiger charge is -2.15. The Hall–Kier alpha value is -3.84. The van der Waals surface area contributed by atoms with Gasteiger partial charge in [-0.05, 0) is 48.6 Å². The van der Waals surface area contributed by atoms with Gasteiger partial charge in [0, 0.05) is 17.8 Å². The maximum absolute atomic E-state index is 12.8. The lowest BCUT2D eigenvalue weighted by molar-refractivity contribution is 0.353. The molecule has 1 aromatic heterocycles. The van der Waals surface area contributed by atoms with Gasteiger partial charge < -0.3 is 29.6 Å².